The van der Waals surface area contributed by atoms with Gasteiger partial charge in [0.05, 0.1) is 31.7 Å². The lowest BCUT2D eigenvalue weighted by Gasteiger charge is -2.12. The first-order valence-electron chi connectivity index (χ1n) is 7.78. The smallest absolute Gasteiger partial charge is 0.251 e. The van der Waals surface area contributed by atoms with E-state index in [9.17, 15) is 4.79 Å². The fraction of sp³-hybridized carbons (Fsp3) is 0.235. The number of carbonyl (C=O) groups excluding carboxylic acids is 1. The van der Waals surface area contributed by atoms with Crippen molar-refractivity contribution in [2.24, 2.45) is 5.73 Å². The van der Waals surface area contributed by atoms with Gasteiger partial charge in [-0.05, 0) is 18.2 Å². The first kappa shape index (κ1) is 16.7. The third-order valence-electron chi connectivity index (χ3n) is 3.63. The molecule has 0 saturated heterocycles. The summed E-state index contributed by atoms with van der Waals surface area (Å²) < 4.78 is 12.6. The Kier molecular flexibility index (Phi) is 5.10. The fourth-order valence-electron chi connectivity index (χ4n) is 2.40. The van der Waals surface area contributed by atoms with E-state index < -0.39 is 0 Å². The van der Waals surface area contributed by atoms with E-state index in [2.05, 4.69) is 15.3 Å². The minimum atomic E-state index is -0.218. The Morgan fingerprint density at radius 1 is 1.32 bits per heavy atom. The number of nitrogens with one attached hydrogen (secondary N) is 1. The van der Waals surface area contributed by atoms with E-state index >= 15 is 0 Å². The van der Waals surface area contributed by atoms with Crippen molar-refractivity contribution in [2.75, 3.05) is 20.3 Å². The average Bonchev–Trinajstić information content (AvgIpc) is 3.07. The van der Waals surface area contributed by atoms with Gasteiger partial charge in [0, 0.05) is 24.5 Å². The van der Waals surface area contributed by atoms with Gasteiger partial charge in [-0.25, -0.2) is 4.98 Å². The molecule has 25 heavy (non-hydrogen) atoms. The summed E-state index contributed by atoms with van der Waals surface area (Å²) in [6.07, 6.45) is 6.84. The van der Waals surface area contributed by atoms with E-state index in [0.717, 1.165) is 11.3 Å². The molecule has 2 heterocycles. The van der Waals surface area contributed by atoms with Crippen molar-refractivity contribution in [3.8, 4) is 11.5 Å². The Bertz CT molecular complexity index is 878. The molecule has 0 aliphatic heterocycles. The van der Waals surface area contributed by atoms with Crippen LogP contribution in [0.2, 0.25) is 0 Å². The van der Waals surface area contributed by atoms with Crippen LogP contribution < -0.4 is 20.5 Å². The van der Waals surface area contributed by atoms with Gasteiger partial charge in [0.2, 0.25) is 0 Å². The lowest BCUT2D eigenvalue weighted by Crippen LogP contribution is -2.23. The van der Waals surface area contributed by atoms with Crippen molar-refractivity contribution in [3.63, 3.8) is 0 Å². The van der Waals surface area contributed by atoms with Crippen molar-refractivity contribution in [2.45, 2.75) is 6.54 Å². The summed E-state index contributed by atoms with van der Waals surface area (Å²) in [7, 11) is 1.55. The standard InChI is InChI=1S/C17H19N5O3/c1-24-14-3-2-12(8-15(14)25-7-4-18)17(23)21-10-13-9-20-16-11-19-5-6-22(13)16/h2-3,5-6,8-9,11H,4,7,10,18H2,1H3,(H,21,23). The minimum absolute atomic E-state index is 0.218. The van der Waals surface area contributed by atoms with E-state index in [1.54, 1.807) is 50.1 Å². The van der Waals surface area contributed by atoms with E-state index in [0.29, 0.717) is 36.8 Å². The van der Waals surface area contributed by atoms with Crippen molar-refractivity contribution in [3.05, 3.63) is 54.2 Å². The van der Waals surface area contributed by atoms with Gasteiger partial charge in [-0.3, -0.25) is 14.2 Å². The van der Waals surface area contributed by atoms with Gasteiger partial charge in [0.1, 0.15) is 6.61 Å². The molecule has 0 fully saturated rings. The second kappa shape index (κ2) is 7.63. The highest BCUT2D eigenvalue weighted by Crippen LogP contribution is 2.28. The van der Waals surface area contributed by atoms with Gasteiger partial charge >= 0.3 is 0 Å². The molecule has 0 spiro atoms. The van der Waals surface area contributed by atoms with Crippen LogP contribution >= 0.6 is 0 Å². The number of carbonyl (C=O) groups is 1. The van der Waals surface area contributed by atoms with E-state index in [-0.39, 0.29) is 5.91 Å². The fourth-order valence-corrected chi connectivity index (χ4v) is 2.40. The molecular weight excluding hydrogens is 322 g/mol. The molecular formula is C17H19N5O3. The van der Waals surface area contributed by atoms with E-state index in [1.165, 1.54) is 0 Å². The predicted molar refractivity (Wildman–Crippen MR) is 91.7 cm³/mol. The van der Waals surface area contributed by atoms with Gasteiger partial charge < -0.3 is 20.5 Å². The van der Waals surface area contributed by atoms with Crippen molar-refractivity contribution in [1.29, 1.82) is 0 Å². The number of fused-ring (bicyclic) bond motifs is 1. The molecule has 0 unspecified atom stereocenters. The molecule has 1 aromatic carbocycles. The zero-order valence-electron chi connectivity index (χ0n) is 13.8. The summed E-state index contributed by atoms with van der Waals surface area (Å²) in [6.45, 7) is 1.06. The third kappa shape index (κ3) is 3.69. The zero-order valence-corrected chi connectivity index (χ0v) is 13.8. The number of rotatable bonds is 7. The number of benzene rings is 1. The third-order valence-corrected chi connectivity index (χ3v) is 3.63. The first-order valence-corrected chi connectivity index (χ1v) is 7.78. The second-order valence-electron chi connectivity index (χ2n) is 5.24. The lowest BCUT2D eigenvalue weighted by molar-refractivity contribution is 0.0950. The monoisotopic (exact) mass is 341 g/mol. The highest BCUT2D eigenvalue weighted by molar-refractivity contribution is 5.94. The molecule has 0 saturated carbocycles. The number of nitrogens with zero attached hydrogens (tertiary/aromatic N) is 3. The Hall–Kier alpha value is -3.13. The number of methoxy groups -OCH3 is 1. The molecule has 130 valence electrons. The Balaban J connectivity index is 1.72. The molecule has 8 nitrogen and oxygen atoms in total. The normalized spacial score (nSPS) is 10.6. The van der Waals surface area contributed by atoms with Gasteiger partial charge in [0.15, 0.2) is 17.1 Å². The van der Waals surface area contributed by atoms with Crippen LogP contribution in [-0.2, 0) is 6.54 Å². The number of amides is 1. The number of hydrogen-bond donors (Lipinski definition) is 2. The van der Waals surface area contributed by atoms with Crippen LogP contribution in [-0.4, -0.2) is 40.5 Å². The summed E-state index contributed by atoms with van der Waals surface area (Å²) in [6, 6.07) is 5.02. The molecule has 3 N–H and O–H groups in total. The number of ether oxygens (including phenoxy) is 2. The molecule has 0 atom stereocenters. The minimum Gasteiger partial charge on any atom is -0.493 e. The number of nitrogens with two attached hydrogens (primary N) is 1. The Morgan fingerprint density at radius 3 is 3.00 bits per heavy atom. The van der Waals surface area contributed by atoms with Crippen LogP contribution in [0.4, 0.5) is 0 Å². The van der Waals surface area contributed by atoms with Crippen LogP contribution in [0.1, 0.15) is 16.1 Å². The maximum absolute atomic E-state index is 12.4. The maximum atomic E-state index is 12.4. The van der Waals surface area contributed by atoms with Gasteiger partial charge in [-0.1, -0.05) is 0 Å². The molecule has 1 amide bonds. The molecule has 3 aromatic rings. The SMILES string of the molecule is COc1ccc(C(=O)NCc2cnc3cnccn23)cc1OCCN. The average molecular weight is 341 g/mol. The highest BCUT2D eigenvalue weighted by Gasteiger charge is 2.12. The first-order chi connectivity index (χ1) is 12.2. The molecule has 2 aromatic heterocycles. The Labute approximate surface area is 144 Å². The van der Waals surface area contributed by atoms with Gasteiger partial charge in [-0.15, -0.1) is 0 Å². The number of aromatic nitrogens is 3. The summed E-state index contributed by atoms with van der Waals surface area (Å²) in [4.78, 5) is 20.7. The largest absolute Gasteiger partial charge is 0.493 e. The maximum Gasteiger partial charge on any atom is 0.251 e. The molecule has 3 rings (SSSR count). The lowest BCUT2D eigenvalue weighted by atomic mass is 10.2. The summed E-state index contributed by atoms with van der Waals surface area (Å²) >= 11 is 0. The topological polar surface area (TPSA) is 104 Å². The van der Waals surface area contributed by atoms with Crippen LogP contribution in [0.3, 0.4) is 0 Å². The van der Waals surface area contributed by atoms with Crippen molar-refractivity contribution >= 4 is 11.6 Å². The predicted octanol–water partition coefficient (Wildman–Crippen LogP) is 1.01. The van der Waals surface area contributed by atoms with Crippen LogP contribution in [0, 0.1) is 0 Å². The molecule has 0 aliphatic rings. The Morgan fingerprint density at radius 2 is 2.20 bits per heavy atom. The van der Waals surface area contributed by atoms with E-state index in [4.69, 9.17) is 15.2 Å². The summed E-state index contributed by atoms with van der Waals surface area (Å²) in [5.41, 5.74) is 7.52. The summed E-state index contributed by atoms with van der Waals surface area (Å²) in [5, 5.41) is 2.87. The quantitative estimate of drug-likeness (QED) is 0.664. The van der Waals surface area contributed by atoms with Gasteiger partial charge in [-0.2, -0.15) is 0 Å². The highest BCUT2D eigenvalue weighted by atomic mass is 16.5. The van der Waals surface area contributed by atoms with E-state index in [1.807, 2.05) is 4.40 Å². The number of hydrogen-bond acceptors (Lipinski definition) is 6. The molecule has 0 aliphatic carbocycles. The van der Waals surface area contributed by atoms with Crippen molar-refractivity contribution in [1.82, 2.24) is 19.7 Å². The number of imidazole rings is 1. The van der Waals surface area contributed by atoms with Crippen LogP contribution in [0.15, 0.2) is 43.0 Å². The summed E-state index contributed by atoms with van der Waals surface area (Å²) in [5.74, 6) is 0.824. The second-order valence-corrected chi connectivity index (χ2v) is 5.24. The van der Waals surface area contributed by atoms with Crippen LogP contribution in [0.25, 0.3) is 5.65 Å². The zero-order chi connectivity index (χ0) is 17.6. The molecule has 0 radical (unpaired) electrons. The van der Waals surface area contributed by atoms with Gasteiger partial charge in [0.25, 0.3) is 5.91 Å². The molecule has 0 bridgehead atoms. The molecule has 8 heteroatoms. The van der Waals surface area contributed by atoms with Crippen LogP contribution in [0.5, 0.6) is 11.5 Å². The van der Waals surface area contributed by atoms with Crippen molar-refractivity contribution < 1.29 is 14.3 Å².